The van der Waals surface area contributed by atoms with Crippen LogP contribution >= 0.6 is 11.6 Å². The topological polar surface area (TPSA) is 22.0 Å². The molecule has 0 aliphatic heterocycles. The number of aromatic nitrogens is 1. The van der Waals surface area contributed by atoms with Crippen molar-refractivity contribution in [2.45, 2.75) is 13.8 Å². The van der Waals surface area contributed by atoms with E-state index in [9.17, 15) is 9.18 Å². The maximum atomic E-state index is 14.4. The average Bonchev–Trinajstić information content (AvgIpc) is 2.54. The summed E-state index contributed by atoms with van der Waals surface area (Å²) in [5, 5.41) is 0.324. The molecule has 1 aromatic heterocycles. The van der Waals surface area contributed by atoms with E-state index in [1.165, 1.54) is 6.07 Å². The van der Waals surface area contributed by atoms with Gasteiger partial charge in [0.15, 0.2) is 5.43 Å². The van der Waals surface area contributed by atoms with Crippen molar-refractivity contribution in [3.63, 3.8) is 0 Å². The molecule has 23 heavy (non-hydrogen) atoms. The van der Waals surface area contributed by atoms with E-state index in [0.717, 1.165) is 5.69 Å². The number of rotatable bonds is 2. The van der Waals surface area contributed by atoms with Crippen LogP contribution in [-0.2, 0) is 0 Å². The van der Waals surface area contributed by atoms with Crippen molar-refractivity contribution in [2.75, 3.05) is 0 Å². The number of aryl methyl sites for hydroxylation is 1. The van der Waals surface area contributed by atoms with Crippen molar-refractivity contribution in [2.24, 2.45) is 0 Å². The molecule has 0 radical (unpaired) electrons. The molecule has 0 amide bonds. The first kappa shape index (κ1) is 15.5. The molecule has 0 spiro atoms. The second-order valence-corrected chi connectivity index (χ2v) is 5.88. The van der Waals surface area contributed by atoms with E-state index >= 15 is 0 Å². The summed E-state index contributed by atoms with van der Waals surface area (Å²) >= 11 is 5.85. The van der Waals surface area contributed by atoms with Crippen molar-refractivity contribution < 1.29 is 4.39 Å². The molecule has 0 atom stereocenters. The fraction of sp³-hybridized carbons (Fsp3) is 0.105. The van der Waals surface area contributed by atoms with Crippen LogP contribution in [0.3, 0.4) is 0 Å². The van der Waals surface area contributed by atoms with Crippen molar-refractivity contribution >= 4 is 11.6 Å². The van der Waals surface area contributed by atoms with E-state index in [1.807, 2.05) is 34.9 Å². The summed E-state index contributed by atoms with van der Waals surface area (Å²) in [6.07, 6.45) is 1.74. The molecule has 0 saturated carbocycles. The van der Waals surface area contributed by atoms with E-state index in [0.29, 0.717) is 27.4 Å². The molecule has 2 nitrogen and oxygen atoms in total. The lowest BCUT2D eigenvalue weighted by atomic mass is 10.0. The number of pyridine rings is 1. The zero-order valence-corrected chi connectivity index (χ0v) is 13.6. The Labute approximate surface area is 138 Å². The first-order valence-corrected chi connectivity index (χ1v) is 7.60. The minimum Gasteiger partial charge on any atom is -0.316 e. The minimum atomic E-state index is -0.450. The van der Waals surface area contributed by atoms with E-state index in [4.69, 9.17) is 11.6 Å². The van der Waals surface area contributed by atoms with Crippen LogP contribution in [0.5, 0.6) is 0 Å². The standard InChI is InChI=1S/C19H15ClFNO/c1-12-11-22(15-6-4-3-5-7-15)18(13(2)19(12)23)16-9-8-14(20)10-17(16)21/h3-11H,1-2H3. The van der Waals surface area contributed by atoms with Gasteiger partial charge in [0.05, 0.1) is 5.69 Å². The lowest BCUT2D eigenvalue weighted by molar-refractivity contribution is 0.630. The van der Waals surface area contributed by atoms with Crippen LogP contribution in [0.1, 0.15) is 11.1 Å². The van der Waals surface area contributed by atoms with E-state index < -0.39 is 5.82 Å². The fourth-order valence-corrected chi connectivity index (χ4v) is 2.87. The molecular formula is C19H15ClFNO. The number of hydrogen-bond donors (Lipinski definition) is 0. The normalized spacial score (nSPS) is 10.8. The predicted molar refractivity (Wildman–Crippen MR) is 91.9 cm³/mol. The first-order valence-electron chi connectivity index (χ1n) is 7.22. The third-order valence-corrected chi connectivity index (χ3v) is 4.07. The zero-order valence-electron chi connectivity index (χ0n) is 12.8. The molecule has 2 aromatic carbocycles. The Morgan fingerprint density at radius 1 is 1.04 bits per heavy atom. The molecule has 4 heteroatoms. The zero-order chi connectivity index (χ0) is 16.6. The quantitative estimate of drug-likeness (QED) is 0.655. The highest BCUT2D eigenvalue weighted by molar-refractivity contribution is 6.30. The van der Waals surface area contributed by atoms with Crippen LogP contribution in [0.2, 0.25) is 5.02 Å². The third kappa shape index (κ3) is 2.80. The van der Waals surface area contributed by atoms with Gasteiger partial charge in [0.1, 0.15) is 5.82 Å². The smallest absolute Gasteiger partial charge is 0.188 e. The molecule has 3 aromatic rings. The molecule has 0 N–H and O–H groups in total. The highest BCUT2D eigenvalue weighted by Gasteiger charge is 2.16. The Bertz CT molecular complexity index is 932. The van der Waals surface area contributed by atoms with Gasteiger partial charge >= 0.3 is 0 Å². The van der Waals surface area contributed by atoms with Crippen molar-refractivity contribution in [1.82, 2.24) is 4.57 Å². The highest BCUT2D eigenvalue weighted by atomic mass is 35.5. The summed E-state index contributed by atoms with van der Waals surface area (Å²) in [5.41, 5.74) is 2.80. The molecule has 0 bridgehead atoms. The Kier molecular flexibility index (Phi) is 4.05. The van der Waals surface area contributed by atoms with Gasteiger partial charge in [0.2, 0.25) is 0 Å². The molecule has 1 heterocycles. The van der Waals surface area contributed by atoms with E-state index in [-0.39, 0.29) is 5.43 Å². The van der Waals surface area contributed by atoms with Gasteiger partial charge in [-0.25, -0.2) is 4.39 Å². The lowest BCUT2D eigenvalue weighted by Gasteiger charge is -2.18. The van der Waals surface area contributed by atoms with Gasteiger partial charge in [-0.05, 0) is 44.2 Å². The molecule has 116 valence electrons. The van der Waals surface area contributed by atoms with Gasteiger partial charge in [-0.1, -0.05) is 29.8 Å². The second-order valence-electron chi connectivity index (χ2n) is 5.44. The Morgan fingerprint density at radius 3 is 2.39 bits per heavy atom. The van der Waals surface area contributed by atoms with Crippen LogP contribution < -0.4 is 5.43 Å². The molecule has 0 aliphatic rings. The number of halogens is 2. The minimum absolute atomic E-state index is 0.0819. The fourth-order valence-electron chi connectivity index (χ4n) is 2.71. The van der Waals surface area contributed by atoms with Crippen molar-refractivity contribution in [3.8, 4) is 16.9 Å². The SMILES string of the molecule is Cc1cn(-c2ccccc2)c(-c2ccc(Cl)cc2F)c(C)c1=O. The molecule has 0 unspecified atom stereocenters. The second kappa shape index (κ2) is 6.01. The highest BCUT2D eigenvalue weighted by Crippen LogP contribution is 2.29. The molecular weight excluding hydrogens is 313 g/mol. The van der Waals surface area contributed by atoms with Crippen LogP contribution in [0.15, 0.2) is 59.5 Å². The first-order chi connectivity index (χ1) is 11.0. The van der Waals surface area contributed by atoms with Gasteiger partial charge in [0.25, 0.3) is 0 Å². The monoisotopic (exact) mass is 327 g/mol. The third-order valence-electron chi connectivity index (χ3n) is 3.84. The summed E-state index contributed by atoms with van der Waals surface area (Å²) in [6.45, 7) is 3.48. The maximum Gasteiger partial charge on any atom is 0.188 e. The van der Waals surface area contributed by atoms with Gasteiger partial charge in [0, 0.05) is 33.6 Å². The number of para-hydroxylation sites is 1. The van der Waals surface area contributed by atoms with Crippen LogP contribution in [-0.4, -0.2) is 4.57 Å². The van der Waals surface area contributed by atoms with Gasteiger partial charge in [-0.3, -0.25) is 4.79 Å². The maximum absolute atomic E-state index is 14.4. The van der Waals surface area contributed by atoms with E-state index in [1.54, 1.807) is 32.2 Å². The number of nitrogens with zero attached hydrogens (tertiary/aromatic N) is 1. The summed E-state index contributed by atoms with van der Waals surface area (Å²) in [7, 11) is 0. The lowest BCUT2D eigenvalue weighted by Crippen LogP contribution is -2.16. The van der Waals surface area contributed by atoms with Gasteiger partial charge < -0.3 is 4.57 Å². The van der Waals surface area contributed by atoms with Crippen molar-refractivity contribution in [1.29, 1.82) is 0 Å². The van der Waals surface area contributed by atoms with Crippen LogP contribution in [0.25, 0.3) is 16.9 Å². The summed E-state index contributed by atoms with van der Waals surface area (Å²) in [5.74, 6) is -0.450. The number of hydrogen-bond acceptors (Lipinski definition) is 1. The average molecular weight is 328 g/mol. The van der Waals surface area contributed by atoms with E-state index in [2.05, 4.69) is 0 Å². The summed E-state index contributed by atoms with van der Waals surface area (Å²) in [4.78, 5) is 12.4. The van der Waals surface area contributed by atoms with Crippen LogP contribution in [0.4, 0.5) is 4.39 Å². The Hall–Kier alpha value is -2.39. The molecule has 0 aliphatic carbocycles. The molecule has 0 saturated heterocycles. The number of benzene rings is 2. The van der Waals surface area contributed by atoms with Crippen molar-refractivity contribution in [3.05, 3.63) is 86.9 Å². The van der Waals surface area contributed by atoms with Gasteiger partial charge in [-0.15, -0.1) is 0 Å². The van der Waals surface area contributed by atoms with Gasteiger partial charge in [-0.2, -0.15) is 0 Å². The Morgan fingerprint density at radius 2 is 1.74 bits per heavy atom. The molecule has 0 fully saturated rings. The molecule has 3 rings (SSSR count). The summed E-state index contributed by atoms with van der Waals surface area (Å²) < 4.78 is 16.3. The predicted octanol–water partition coefficient (Wildman–Crippen LogP) is 4.91. The van der Waals surface area contributed by atoms with Crippen LogP contribution in [0, 0.1) is 19.7 Å². The summed E-state index contributed by atoms with van der Waals surface area (Å²) in [6, 6.07) is 14.0. The largest absolute Gasteiger partial charge is 0.316 e. The Balaban J connectivity index is 2.39.